The molecule has 0 aliphatic carbocycles. The van der Waals surface area contributed by atoms with E-state index in [1.165, 1.54) is 5.56 Å². The lowest BCUT2D eigenvalue weighted by atomic mass is 10.1. The second kappa shape index (κ2) is 7.80. The van der Waals surface area contributed by atoms with Crippen LogP contribution in [0, 0.1) is 20.8 Å². The zero-order valence-corrected chi connectivity index (χ0v) is 15.2. The molecule has 0 unspecified atom stereocenters. The average Bonchev–Trinajstić information content (AvgIpc) is 2.99. The standard InChI is InChI=1S/C19H26N4O2/c1-14-5-4-6-18(16(14)3)20-19(24)13-23-9-7-22(8-10-23)12-17-11-15(2)21-25-17/h4-6,11H,7-10,12-13H2,1-3H3,(H,20,24). The number of nitrogens with zero attached hydrogens (tertiary/aromatic N) is 3. The molecule has 134 valence electrons. The smallest absolute Gasteiger partial charge is 0.238 e. The lowest BCUT2D eigenvalue weighted by Crippen LogP contribution is -2.48. The van der Waals surface area contributed by atoms with Crippen LogP contribution in [-0.4, -0.2) is 53.6 Å². The zero-order chi connectivity index (χ0) is 17.8. The number of piperazine rings is 1. The van der Waals surface area contributed by atoms with Crippen molar-refractivity contribution in [3.63, 3.8) is 0 Å². The van der Waals surface area contributed by atoms with Gasteiger partial charge in [0.25, 0.3) is 0 Å². The van der Waals surface area contributed by atoms with Gasteiger partial charge in [-0.2, -0.15) is 0 Å². The van der Waals surface area contributed by atoms with Crippen molar-refractivity contribution in [3.8, 4) is 0 Å². The minimum absolute atomic E-state index is 0.0491. The van der Waals surface area contributed by atoms with E-state index in [0.717, 1.165) is 55.4 Å². The van der Waals surface area contributed by atoms with Gasteiger partial charge in [-0.05, 0) is 38.0 Å². The molecule has 1 N–H and O–H groups in total. The molecule has 25 heavy (non-hydrogen) atoms. The third kappa shape index (κ3) is 4.67. The van der Waals surface area contributed by atoms with E-state index in [1.54, 1.807) is 0 Å². The highest BCUT2D eigenvalue weighted by Gasteiger charge is 2.20. The molecule has 2 aromatic rings. The lowest BCUT2D eigenvalue weighted by molar-refractivity contribution is -0.117. The van der Waals surface area contributed by atoms with Gasteiger partial charge in [-0.25, -0.2) is 0 Å². The van der Waals surface area contributed by atoms with E-state index < -0.39 is 0 Å². The Balaban J connectivity index is 1.45. The Morgan fingerprint density at radius 1 is 1.16 bits per heavy atom. The number of aryl methyl sites for hydroxylation is 2. The summed E-state index contributed by atoms with van der Waals surface area (Å²) in [5.74, 6) is 0.951. The normalized spacial score (nSPS) is 16.1. The van der Waals surface area contributed by atoms with Crippen molar-refractivity contribution in [2.24, 2.45) is 0 Å². The minimum atomic E-state index is 0.0491. The summed E-state index contributed by atoms with van der Waals surface area (Å²) in [6.45, 7) is 10.9. The molecule has 1 saturated heterocycles. The number of aromatic nitrogens is 1. The monoisotopic (exact) mass is 342 g/mol. The van der Waals surface area contributed by atoms with Gasteiger partial charge in [0.15, 0.2) is 5.76 Å². The number of hydrogen-bond donors (Lipinski definition) is 1. The van der Waals surface area contributed by atoms with E-state index in [-0.39, 0.29) is 5.91 Å². The first-order valence-corrected chi connectivity index (χ1v) is 8.74. The fourth-order valence-corrected chi connectivity index (χ4v) is 3.10. The summed E-state index contributed by atoms with van der Waals surface area (Å²) >= 11 is 0. The molecule has 1 aliphatic rings. The van der Waals surface area contributed by atoms with E-state index in [1.807, 2.05) is 32.0 Å². The van der Waals surface area contributed by atoms with Crippen LogP contribution in [-0.2, 0) is 11.3 Å². The van der Waals surface area contributed by atoms with Crippen molar-refractivity contribution >= 4 is 11.6 Å². The Bertz CT molecular complexity index is 733. The Morgan fingerprint density at radius 3 is 2.56 bits per heavy atom. The topological polar surface area (TPSA) is 61.6 Å². The van der Waals surface area contributed by atoms with Crippen LogP contribution in [0.2, 0.25) is 0 Å². The lowest BCUT2D eigenvalue weighted by Gasteiger charge is -2.33. The SMILES string of the molecule is Cc1cc(CN2CCN(CC(=O)Nc3cccc(C)c3C)CC2)on1. The van der Waals surface area contributed by atoms with Gasteiger partial charge in [0.2, 0.25) is 5.91 Å². The second-order valence-corrected chi connectivity index (χ2v) is 6.78. The van der Waals surface area contributed by atoms with Crippen LogP contribution in [0.1, 0.15) is 22.6 Å². The zero-order valence-electron chi connectivity index (χ0n) is 15.2. The fraction of sp³-hybridized carbons (Fsp3) is 0.474. The Morgan fingerprint density at radius 2 is 1.88 bits per heavy atom. The summed E-state index contributed by atoms with van der Waals surface area (Å²) in [6, 6.07) is 7.96. The molecule has 1 aromatic carbocycles. The number of carbonyl (C=O) groups excluding carboxylic acids is 1. The maximum absolute atomic E-state index is 12.3. The largest absolute Gasteiger partial charge is 0.360 e. The number of benzene rings is 1. The molecule has 1 aromatic heterocycles. The first-order valence-electron chi connectivity index (χ1n) is 8.74. The quantitative estimate of drug-likeness (QED) is 0.904. The van der Waals surface area contributed by atoms with E-state index >= 15 is 0 Å². The van der Waals surface area contributed by atoms with Crippen molar-refractivity contribution in [1.82, 2.24) is 15.0 Å². The molecule has 1 amide bonds. The van der Waals surface area contributed by atoms with Crippen LogP contribution in [0.25, 0.3) is 0 Å². The summed E-state index contributed by atoms with van der Waals surface area (Å²) in [4.78, 5) is 16.9. The van der Waals surface area contributed by atoms with E-state index in [2.05, 4.69) is 33.3 Å². The predicted octanol–water partition coefficient (Wildman–Crippen LogP) is 2.36. The summed E-state index contributed by atoms with van der Waals surface area (Å²) < 4.78 is 5.28. The number of rotatable bonds is 5. The molecule has 3 rings (SSSR count). The van der Waals surface area contributed by atoms with E-state index in [9.17, 15) is 4.79 Å². The number of carbonyl (C=O) groups is 1. The Labute approximate surface area is 148 Å². The predicted molar refractivity (Wildman–Crippen MR) is 97.5 cm³/mol. The van der Waals surface area contributed by atoms with Gasteiger partial charge in [0.1, 0.15) is 0 Å². The molecular formula is C19H26N4O2. The molecule has 0 bridgehead atoms. The van der Waals surface area contributed by atoms with Crippen LogP contribution < -0.4 is 5.32 Å². The first kappa shape index (κ1) is 17.6. The molecule has 0 atom stereocenters. The van der Waals surface area contributed by atoms with Crippen molar-refractivity contribution in [3.05, 3.63) is 46.8 Å². The van der Waals surface area contributed by atoms with Crippen LogP contribution in [0.5, 0.6) is 0 Å². The fourth-order valence-electron chi connectivity index (χ4n) is 3.10. The number of hydrogen-bond acceptors (Lipinski definition) is 5. The number of nitrogens with one attached hydrogen (secondary N) is 1. The van der Waals surface area contributed by atoms with Crippen LogP contribution in [0.4, 0.5) is 5.69 Å². The van der Waals surface area contributed by atoms with Gasteiger partial charge in [0.05, 0.1) is 18.8 Å². The molecular weight excluding hydrogens is 316 g/mol. The molecule has 1 aliphatic heterocycles. The summed E-state index contributed by atoms with van der Waals surface area (Å²) in [6.07, 6.45) is 0. The summed E-state index contributed by atoms with van der Waals surface area (Å²) in [5.41, 5.74) is 4.14. The van der Waals surface area contributed by atoms with Crippen molar-refractivity contribution < 1.29 is 9.32 Å². The van der Waals surface area contributed by atoms with Crippen LogP contribution in [0.15, 0.2) is 28.8 Å². The van der Waals surface area contributed by atoms with Crippen molar-refractivity contribution in [1.29, 1.82) is 0 Å². The Kier molecular flexibility index (Phi) is 5.50. The van der Waals surface area contributed by atoms with Crippen molar-refractivity contribution in [2.45, 2.75) is 27.3 Å². The van der Waals surface area contributed by atoms with Crippen molar-refractivity contribution in [2.75, 3.05) is 38.0 Å². The highest BCUT2D eigenvalue weighted by Crippen LogP contribution is 2.18. The molecule has 0 saturated carbocycles. The molecule has 2 heterocycles. The van der Waals surface area contributed by atoms with E-state index in [0.29, 0.717) is 6.54 Å². The van der Waals surface area contributed by atoms with Gasteiger partial charge in [-0.15, -0.1) is 0 Å². The third-order valence-electron chi connectivity index (χ3n) is 4.77. The van der Waals surface area contributed by atoms with Crippen LogP contribution >= 0.6 is 0 Å². The minimum Gasteiger partial charge on any atom is -0.360 e. The molecule has 6 heteroatoms. The maximum atomic E-state index is 12.3. The maximum Gasteiger partial charge on any atom is 0.238 e. The number of amides is 1. The van der Waals surface area contributed by atoms with E-state index in [4.69, 9.17) is 4.52 Å². The molecule has 0 spiro atoms. The summed E-state index contributed by atoms with van der Waals surface area (Å²) in [5, 5.41) is 6.96. The van der Waals surface area contributed by atoms with Gasteiger partial charge < -0.3 is 9.84 Å². The van der Waals surface area contributed by atoms with Gasteiger partial charge >= 0.3 is 0 Å². The first-order chi connectivity index (χ1) is 12.0. The molecule has 1 fully saturated rings. The molecule has 0 radical (unpaired) electrons. The van der Waals surface area contributed by atoms with Gasteiger partial charge in [-0.1, -0.05) is 17.3 Å². The molecule has 6 nitrogen and oxygen atoms in total. The highest BCUT2D eigenvalue weighted by molar-refractivity contribution is 5.93. The second-order valence-electron chi connectivity index (χ2n) is 6.78. The summed E-state index contributed by atoms with van der Waals surface area (Å²) in [7, 11) is 0. The van der Waals surface area contributed by atoms with Crippen LogP contribution in [0.3, 0.4) is 0 Å². The number of anilines is 1. The van der Waals surface area contributed by atoms with Gasteiger partial charge in [0, 0.05) is 37.9 Å². The highest BCUT2D eigenvalue weighted by atomic mass is 16.5. The van der Waals surface area contributed by atoms with Gasteiger partial charge in [-0.3, -0.25) is 14.6 Å². The third-order valence-corrected chi connectivity index (χ3v) is 4.77. The average molecular weight is 342 g/mol. The Hall–Kier alpha value is -2.18.